The van der Waals surface area contributed by atoms with Gasteiger partial charge in [0.25, 0.3) is 0 Å². The van der Waals surface area contributed by atoms with Gasteiger partial charge >= 0.3 is 0 Å². The Labute approximate surface area is 128 Å². The molecule has 0 radical (unpaired) electrons. The Morgan fingerprint density at radius 2 is 1.90 bits per heavy atom. The molecule has 2 nitrogen and oxygen atoms in total. The van der Waals surface area contributed by atoms with E-state index in [1.807, 2.05) is 19.9 Å². The summed E-state index contributed by atoms with van der Waals surface area (Å²) < 4.78 is 0. The van der Waals surface area contributed by atoms with E-state index in [2.05, 4.69) is 39.1 Å². The van der Waals surface area contributed by atoms with E-state index >= 15 is 0 Å². The van der Waals surface area contributed by atoms with Crippen molar-refractivity contribution in [2.24, 2.45) is 5.92 Å². The molecule has 0 aromatic rings. The van der Waals surface area contributed by atoms with Crippen molar-refractivity contribution in [2.75, 3.05) is 6.61 Å². The van der Waals surface area contributed by atoms with Crippen LogP contribution in [0.2, 0.25) is 0 Å². The van der Waals surface area contributed by atoms with Crippen molar-refractivity contribution in [2.45, 2.75) is 40.5 Å². The number of allylic oxidation sites excluding steroid dienone is 5. The van der Waals surface area contributed by atoms with Crippen LogP contribution >= 0.6 is 12.6 Å². The molecule has 0 amide bonds. The Kier molecular flexibility index (Phi) is 9.26. The molecule has 0 heterocycles. The number of hydrogen-bond acceptors (Lipinski definition) is 3. The van der Waals surface area contributed by atoms with Crippen molar-refractivity contribution < 1.29 is 5.11 Å². The van der Waals surface area contributed by atoms with E-state index in [0.29, 0.717) is 18.6 Å². The first kappa shape index (κ1) is 18.9. The maximum Gasteiger partial charge on any atom is 0.0468 e. The summed E-state index contributed by atoms with van der Waals surface area (Å²) in [6.07, 6.45) is 5.10. The molecule has 0 aromatic carbocycles. The molecule has 0 saturated heterocycles. The zero-order chi connectivity index (χ0) is 15.7. The topological polar surface area (TPSA) is 44.1 Å². The molecule has 20 heavy (non-hydrogen) atoms. The van der Waals surface area contributed by atoms with Crippen LogP contribution in [0.3, 0.4) is 0 Å². The molecule has 0 aliphatic carbocycles. The van der Waals surface area contributed by atoms with Crippen molar-refractivity contribution in [3.63, 3.8) is 0 Å². The van der Waals surface area contributed by atoms with E-state index in [0.717, 1.165) is 22.3 Å². The molecule has 0 atom stereocenters. The standard InChI is InChI=1S/C17H27NOS/c1-12(2)16(11-15(5)14(4)7-9-20)17(18)10-13(3)6-8-19/h7,9,11-12,18-20H,3,6,8,10H2,1-2,4-5H3/b9-7-,15-14+,16-11+,18-17?. The molecule has 0 rings (SSSR count). The first-order chi connectivity index (χ1) is 9.33. The van der Waals surface area contributed by atoms with E-state index in [1.54, 1.807) is 5.41 Å². The Hall–Kier alpha value is -1.06. The minimum absolute atomic E-state index is 0.0949. The van der Waals surface area contributed by atoms with Gasteiger partial charge in [-0.3, -0.25) is 0 Å². The SMILES string of the molecule is C=C(CCO)CC(=N)/C(=C/C(C)=C(C)/C=C\S)C(C)C. The second-order valence-corrected chi connectivity index (χ2v) is 5.61. The number of aliphatic hydroxyl groups excluding tert-OH is 1. The number of rotatable bonds is 8. The predicted octanol–water partition coefficient (Wildman–Crippen LogP) is 4.70. The highest BCUT2D eigenvalue weighted by atomic mass is 32.1. The lowest BCUT2D eigenvalue weighted by Crippen LogP contribution is -2.09. The van der Waals surface area contributed by atoms with Gasteiger partial charge in [0.15, 0.2) is 0 Å². The highest BCUT2D eigenvalue weighted by Gasteiger charge is 2.11. The van der Waals surface area contributed by atoms with Crippen molar-refractivity contribution in [1.82, 2.24) is 0 Å². The highest BCUT2D eigenvalue weighted by Crippen LogP contribution is 2.20. The molecular formula is C17H27NOS. The van der Waals surface area contributed by atoms with Crippen LogP contribution in [0.5, 0.6) is 0 Å². The highest BCUT2D eigenvalue weighted by molar-refractivity contribution is 7.83. The van der Waals surface area contributed by atoms with Crippen LogP contribution in [0.15, 0.2) is 46.4 Å². The smallest absolute Gasteiger partial charge is 0.0468 e. The van der Waals surface area contributed by atoms with Crippen LogP contribution in [0.1, 0.15) is 40.5 Å². The van der Waals surface area contributed by atoms with Crippen LogP contribution in [0.25, 0.3) is 0 Å². The summed E-state index contributed by atoms with van der Waals surface area (Å²) in [5.74, 6) is 0.284. The summed E-state index contributed by atoms with van der Waals surface area (Å²) in [4.78, 5) is 0. The molecule has 3 heteroatoms. The van der Waals surface area contributed by atoms with Gasteiger partial charge in [-0.05, 0) is 48.3 Å². The quantitative estimate of drug-likeness (QED) is 0.258. The molecule has 112 valence electrons. The Balaban J connectivity index is 5.21. The average Bonchev–Trinajstić information content (AvgIpc) is 2.35. The minimum atomic E-state index is 0.0949. The van der Waals surface area contributed by atoms with E-state index in [9.17, 15) is 0 Å². The summed E-state index contributed by atoms with van der Waals surface area (Å²) in [6, 6.07) is 0. The molecule has 2 N–H and O–H groups in total. The van der Waals surface area contributed by atoms with Gasteiger partial charge in [0.1, 0.15) is 0 Å². The monoisotopic (exact) mass is 293 g/mol. The van der Waals surface area contributed by atoms with E-state index < -0.39 is 0 Å². The molecule has 0 saturated carbocycles. The average molecular weight is 293 g/mol. The molecule has 0 fully saturated rings. The van der Waals surface area contributed by atoms with Gasteiger partial charge in [0.2, 0.25) is 0 Å². The van der Waals surface area contributed by atoms with Crippen molar-refractivity contribution >= 4 is 18.3 Å². The van der Waals surface area contributed by atoms with Crippen LogP contribution in [-0.2, 0) is 0 Å². The van der Waals surface area contributed by atoms with Crippen LogP contribution < -0.4 is 0 Å². The first-order valence-corrected chi connectivity index (χ1v) is 7.40. The van der Waals surface area contributed by atoms with Crippen LogP contribution in [0.4, 0.5) is 0 Å². The third-order valence-corrected chi connectivity index (χ3v) is 3.33. The summed E-state index contributed by atoms with van der Waals surface area (Å²) in [5, 5.41) is 18.9. The van der Waals surface area contributed by atoms with Gasteiger partial charge in [-0.15, -0.1) is 0 Å². The molecule has 0 bridgehead atoms. The zero-order valence-corrected chi connectivity index (χ0v) is 13.9. The lowest BCUT2D eigenvalue weighted by molar-refractivity contribution is 0.299. The second-order valence-electron chi connectivity index (χ2n) is 5.32. The largest absolute Gasteiger partial charge is 0.396 e. The Bertz CT molecular complexity index is 442. The molecule has 0 aliphatic heterocycles. The van der Waals surface area contributed by atoms with E-state index in [4.69, 9.17) is 10.5 Å². The van der Waals surface area contributed by atoms with Crippen LogP contribution in [0, 0.1) is 11.3 Å². The Morgan fingerprint density at radius 1 is 1.30 bits per heavy atom. The summed E-state index contributed by atoms with van der Waals surface area (Å²) in [5.41, 5.74) is 4.78. The predicted molar refractivity (Wildman–Crippen MR) is 92.6 cm³/mol. The number of hydrogen-bond donors (Lipinski definition) is 3. The Morgan fingerprint density at radius 3 is 2.35 bits per heavy atom. The van der Waals surface area contributed by atoms with Gasteiger partial charge in [0.05, 0.1) is 0 Å². The van der Waals surface area contributed by atoms with Crippen LogP contribution in [-0.4, -0.2) is 17.4 Å². The van der Waals surface area contributed by atoms with Gasteiger partial charge in [-0.2, -0.15) is 12.6 Å². The summed E-state index contributed by atoms with van der Waals surface area (Å²) >= 11 is 4.08. The number of aliphatic hydroxyl groups is 1. The molecule has 0 aromatic heterocycles. The van der Waals surface area contributed by atoms with Crippen molar-refractivity contribution in [1.29, 1.82) is 5.41 Å². The maximum absolute atomic E-state index is 8.91. The molecule has 0 spiro atoms. The molecule has 0 aliphatic rings. The van der Waals surface area contributed by atoms with Crippen molar-refractivity contribution in [3.05, 3.63) is 46.4 Å². The zero-order valence-electron chi connectivity index (χ0n) is 13.0. The fourth-order valence-corrected chi connectivity index (χ4v) is 2.01. The molecule has 0 unspecified atom stereocenters. The fraction of sp³-hybridized carbons (Fsp3) is 0.471. The lowest BCUT2D eigenvalue weighted by atomic mass is 9.91. The van der Waals surface area contributed by atoms with E-state index in [-0.39, 0.29) is 12.5 Å². The number of thiol groups is 1. The van der Waals surface area contributed by atoms with E-state index in [1.165, 1.54) is 0 Å². The second kappa shape index (κ2) is 9.78. The summed E-state index contributed by atoms with van der Waals surface area (Å²) in [6.45, 7) is 12.3. The third-order valence-electron chi connectivity index (χ3n) is 3.18. The number of nitrogens with one attached hydrogen (secondary N) is 1. The van der Waals surface area contributed by atoms with Gasteiger partial charge < -0.3 is 10.5 Å². The third kappa shape index (κ3) is 6.92. The maximum atomic E-state index is 8.91. The van der Waals surface area contributed by atoms with Crippen molar-refractivity contribution in [3.8, 4) is 0 Å². The fourth-order valence-electron chi connectivity index (χ4n) is 1.79. The van der Waals surface area contributed by atoms with Gasteiger partial charge in [-0.1, -0.05) is 38.2 Å². The normalized spacial score (nSPS) is 13.8. The lowest BCUT2D eigenvalue weighted by Gasteiger charge is -2.15. The van der Waals surface area contributed by atoms with Gasteiger partial charge in [-0.25, -0.2) is 0 Å². The van der Waals surface area contributed by atoms with Gasteiger partial charge in [0, 0.05) is 18.7 Å². The molecular weight excluding hydrogens is 266 g/mol. The first-order valence-electron chi connectivity index (χ1n) is 6.88. The minimum Gasteiger partial charge on any atom is -0.396 e. The summed E-state index contributed by atoms with van der Waals surface area (Å²) in [7, 11) is 0.